The average Bonchev–Trinajstić information content (AvgIpc) is 2.46. The molecule has 1 heterocycles. The van der Waals surface area contributed by atoms with Crippen molar-refractivity contribution in [3.05, 3.63) is 0 Å². The van der Waals surface area contributed by atoms with Crippen LogP contribution in [0.5, 0.6) is 0 Å². The molecule has 2 rings (SSSR count). The Morgan fingerprint density at radius 3 is 2.75 bits per heavy atom. The van der Waals surface area contributed by atoms with Crippen molar-refractivity contribution < 1.29 is 9.90 Å². The third-order valence-electron chi connectivity index (χ3n) is 4.75. The molecule has 0 radical (unpaired) electrons. The number of hydrogen-bond acceptors (Lipinski definition) is 3. The Hall–Kier alpha value is -0.610. The van der Waals surface area contributed by atoms with E-state index in [-0.39, 0.29) is 5.91 Å². The Bertz CT molecular complexity index is 316. The molecule has 0 aromatic heterocycles. The zero-order valence-electron chi connectivity index (χ0n) is 12.9. The first-order valence-corrected chi connectivity index (χ1v) is 8.38. The number of likely N-dealkylation sites (tertiary alicyclic amines) is 1. The second-order valence-corrected chi connectivity index (χ2v) is 6.57. The quantitative estimate of drug-likeness (QED) is 0.732. The van der Waals surface area contributed by atoms with Crippen molar-refractivity contribution in [3.63, 3.8) is 0 Å². The van der Waals surface area contributed by atoms with Gasteiger partial charge in [-0.1, -0.05) is 26.2 Å². The largest absolute Gasteiger partial charge is 0.379 e. The molecule has 1 unspecified atom stereocenters. The van der Waals surface area contributed by atoms with E-state index in [9.17, 15) is 9.90 Å². The number of amides is 1. The van der Waals surface area contributed by atoms with Crippen LogP contribution in [0.3, 0.4) is 0 Å². The van der Waals surface area contributed by atoms with E-state index in [2.05, 4.69) is 12.2 Å². The SMILES string of the molecule is CCCNCC1(O)CCCN(CC2CCCCC2)C1=O. The van der Waals surface area contributed by atoms with Crippen LogP contribution in [-0.2, 0) is 4.79 Å². The maximum absolute atomic E-state index is 12.6. The minimum Gasteiger partial charge on any atom is -0.379 e. The lowest BCUT2D eigenvalue weighted by Gasteiger charge is -2.40. The molecule has 2 N–H and O–H groups in total. The van der Waals surface area contributed by atoms with Crippen molar-refractivity contribution in [3.8, 4) is 0 Å². The fraction of sp³-hybridized carbons (Fsp3) is 0.938. The highest BCUT2D eigenvalue weighted by Crippen LogP contribution is 2.28. The van der Waals surface area contributed by atoms with Gasteiger partial charge in [0, 0.05) is 19.6 Å². The maximum Gasteiger partial charge on any atom is 0.255 e. The van der Waals surface area contributed by atoms with Gasteiger partial charge in [0.2, 0.25) is 0 Å². The predicted molar refractivity (Wildman–Crippen MR) is 80.5 cm³/mol. The van der Waals surface area contributed by atoms with Gasteiger partial charge in [-0.15, -0.1) is 0 Å². The number of hydrogen-bond donors (Lipinski definition) is 2. The third kappa shape index (κ3) is 3.95. The molecule has 4 nitrogen and oxygen atoms in total. The van der Waals surface area contributed by atoms with Crippen molar-refractivity contribution in [2.24, 2.45) is 5.92 Å². The zero-order chi connectivity index (χ0) is 14.4. The molecule has 1 amide bonds. The molecule has 1 saturated carbocycles. The first kappa shape index (κ1) is 15.8. The van der Waals surface area contributed by atoms with Gasteiger partial charge in [0.15, 0.2) is 5.60 Å². The van der Waals surface area contributed by atoms with Gasteiger partial charge in [0.05, 0.1) is 0 Å². The third-order valence-corrected chi connectivity index (χ3v) is 4.75. The maximum atomic E-state index is 12.6. The van der Waals surface area contributed by atoms with Gasteiger partial charge >= 0.3 is 0 Å². The molecule has 0 bridgehead atoms. The molecular weight excluding hydrogens is 252 g/mol. The van der Waals surface area contributed by atoms with Gasteiger partial charge < -0.3 is 15.3 Å². The second kappa shape index (κ2) is 7.41. The van der Waals surface area contributed by atoms with Gasteiger partial charge in [0.1, 0.15) is 0 Å². The topological polar surface area (TPSA) is 52.6 Å². The number of nitrogens with zero attached hydrogens (tertiary/aromatic N) is 1. The summed E-state index contributed by atoms with van der Waals surface area (Å²) in [6, 6.07) is 0. The smallest absolute Gasteiger partial charge is 0.255 e. The summed E-state index contributed by atoms with van der Waals surface area (Å²) in [7, 11) is 0. The summed E-state index contributed by atoms with van der Waals surface area (Å²) < 4.78 is 0. The Labute approximate surface area is 122 Å². The highest BCUT2D eigenvalue weighted by Gasteiger charge is 2.42. The number of piperidine rings is 1. The van der Waals surface area contributed by atoms with E-state index in [0.717, 1.165) is 32.5 Å². The van der Waals surface area contributed by atoms with Crippen LogP contribution in [-0.4, -0.2) is 47.7 Å². The van der Waals surface area contributed by atoms with E-state index in [0.29, 0.717) is 18.9 Å². The molecule has 1 atom stereocenters. The lowest BCUT2D eigenvalue weighted by Crippen LogP contribution is -2.58. The molecule has 116 valence electrons. The summed E-state index contributed by atoms with van der Waals surface area (Å²) in [5.74, 6) is 0.608. The molecule has 1 aliphatic carbocycles. The first-order chi connectivity index (χ1) is 9.65. The lowest BCUT2D eigenvalue weighted by molar-refractivity contribution is -0.157. The Balaban J connectivity index is 1.88. The molecular formula is C16H30N2O2. The fourth-order valence-corrected chi connectivity index (χ4v) is 3.56. The van der Waals surface area contributed by atoms with Crippen molar-refractivity contribution in [2.75, 3.05) is 26.2 Å². The molecule has 1 saturated heterocycles. The molecule has 0 aromatic carbocycles. The number of carbonyl (C=O) groups is 1. The van der Waals surface area contributed by atoms with Gasteiger partial charge in [-0.3, -0.25) is 4.79 Å². The van der Waals surface area contributed by atoms with Crippen LogP contribution < -0.4 is 5.32 Å². The van der Waals surface area contributed by atoms with Crippen molar-refractivity contribution in [1.29, 1.82) is 0 Å². The number of nitrogens with one attached hydrogen (secondary N) is 1. The normalized spacial score (nSPS) is 28.9. The van der Waals surface area contributed by atoms with Crippen LogP contribution in [0.25, 0.3) is 0 Å². The summed E-state index contributed by atoms with van der Waals surface area (Å²) in [6.45, 7) is 5.04. The van der Waals surface area contributed by atoms with Gasteiger partial charge in [-0.2, -0.15) is 0 Å². The summed E-state index contributed by atoms with van der Waals surface area (Å²) in [5, 5.41) is 13.8. The standard InChI is InChI=1S/C16H30N2O2/c1-2-10-17-13-16(20)9-6-11-18(15(16)19)12-14-7-4-3-5-8-14/h14,17,20H,2-13H2,1H3. The average molecular weight is 282 g/mol. The first-order valence-electron chi connectivity index (χ1n) is 8.38. The van der Waals surface area contributed by atoms with Crippen LogP contribution in [0.1, 0.15) is 58.3 Å². The Kier molecular flexibility index (Phi) is 5.85. The van der Waals surface area contributed by atoms with Crippen LogP contribution in [0.15, 0.2) is 0 Å². The van der Waals surface area contributed by atoms with Crippen molar-refractivity contribution in [1.82, 2.24) is 10.2 Å². The Morgan fingerprint density at radius 1 is 1.30 bits per heavy atom. The number of aliphatic hydroxyl groups is 1. The van der Waals surface area contributed by atoms with Gasteiger partial charge in [-0.05, 0) is 44.6 Å². The van der Waals surface area contributed by atoms with Crippen LogP contribution >= 0.6 is 0 Å². The monoisotopic (exact) mass is 282 g/mol. The molecule has 2 fully saturated rings. The fourth-order valence-electron chi connectivity index (χ4n) is 3.56. The summed E-state index contributed by atoms with van der Waals surface area (Å²) in [5.41, 5.74) is -1.16. The minimum absolute atomic E-state index is 0.0436. The highest BCUT2D eigenvalue weighted by atomic mass is 16.3. The van der Waals surface area contributed by atoms with Gasteiger partial charge in [0.25, 0.3) is 5.91 Å². The lowest BCUT2D eigenvalue weighted by atomic mass is 9.86. The number of rotatable bonds is 6. The molecule has 0 spiro atoms. The number of carbonyl (C=O) groups excluding carboxylic acids is 1. The van der Waals surface area contributed by atoms with E-state index in [4.69, 9.17) is 0 Å². The Morgan fingerprint density at radius 2 is 2.05 bits per heavy atom. The van der Waals surface area contributed by atoms with Crippen LogP contribution in [0.2, 0.25) is 0 Å². The van der Waals surface area contributed by atoms with Crippen LogP contribution in [0, 0.1) is 5.92 Å². The van der Waals surface area contributed by atoms with E-state index < -0.39 is 5.60 Å². The second-order valence-electron chi connectivity index (χ2n) is 6.57. The molecule has 0 aromatic rings. The molecule has 1 aliphatic heterocycles. The van der Waals surface area contributed by atoms with E-state index in [1.54, 1.807) is 0 Å². The van der Waals surface area contributed by atoms with E-state index >= 15 is 0 Å². The molecule has 20 heavy (non-hydrogen) atoms. The van der Waals surface area contributed by atoms with Crippen LogP contribution in [0.4, 0.5) is 0 Å². The zero-order valence-corrected chi connectivity index (χ0v) is 12.9. The highest BCUT2D eigenvalue weighted by molar-refractivity contribution is 5.86. The van der Waals surface area contributed by atoms with Gasteiger partial charge in [-0.25, -0.2) is 0 Å². The summed E-state index contributed by atoms with van der Waals surface area (Å²) >= 11 is 0. The van der Waals surface area contributed by atoms with E-state index in [1.165, 1.54) is 32.1 Å². The van der Waals surface area contributed by atoms with Crippen molar-refractivity contribution >= 4 is 5.91 Å². The predicted octanol–water partition coefficient (Wildman–Crippen LogP) is 1.92. The molecule has 2 aliphatic rings. The minimum atomic E-state index is -1.16. The van der Waals surface area contributed by atoms with E-state index in [1.807, 2.05) is 4.90 Å². The summed E-state index contributed by atoms with van der Waals surface area (Å²) in [6.07, 6.45) is 8.98. The molecule has 4 heteroatoms. The van der Waals surface area contributed by atoms with Crippen molar-refractivity contribution in [2.45, 2.75) is 63.9 Å². The summed E-state index contributed by atoms with van der Waals surface area (Å²) in [4.78, 5) is 14.5.